The number of ether oxygens (including phenoxy) is 4. The zero-order valence-corrected chi connectivity index (χ0v) is 14.4. The van der Waals surface area contributed by atoms with Gasteiger partial charge in [0.15, 0.2) is 0 Å². The van der Waals surface area contributed by atoms with Gasteiger partial charge in [-0.1, -0.05) is 6.08 Å². The predicted octanol–water partition coefficient (Wildman–Crippen LogP) is 2.19. The highest BCUT2D eigenvalue weighted by atomic mass is 16.5. The molecule has 1 aliphatic rings. The van der Waals surface area contributed by atoms with Crippen molar-refractivity contribution in [1.29, 1.82) is 0 Å². The second-order valence-corrected chi connectivity index (χ2v) is 4.85. The highest BCUT2D eigenvalue weighted by molar-refractivity contribution is 6.05. The Balaban J connectivity index is 2.69. The summed E-state index contributed by atoms with van der Waals surface area (Å²) in [6.07, 6.45) is 6.43. The summed E-state index contributed by atoms with van der Waals surface area (Å²) >= 11 is 0. The van der Waals surface area contributed by atoms with Crippen molar-refractivity contribution in [3.8, 4) is 11.5 Å². The standard InChI is InChI=1S/C18H19NO6/c1-22-12-8-9-14(15(11-12)23-2)19-10-6-5-7-13(17(20)24-3)16(19)18(21)25-4/h5-11H,1-4H3. The molecule has 25 heavy (non-hydrogen) atoms. The fourth-order valence-corrected chi connectivity index (χ4v) is 2.34. The van der Waals surface area contributed by atoms with E-state index in [-0.39, 0.29) is 11.3 Å². The molecule has 0 unspecified atom stereocenters. The van der Waals surface area contributed by atoms with Crippen molar-refractivity contribution in [2.24, 2.45) is 0 Å². The van der Waals surface area contributed by atoms with E-state index in [9.17, 15) is 9.59 Å². The molecule has 0 bridgehead atoms. The minimum atomic E-state index is -0.686. The van der Waals surface area contributed by atoms with E-state index in [1.54, 1.807) is 43.7 Å². The molecule has 0 fully saturated rings. The van der Waals surface area contributed by atoms with E-state index < -0.39 is 11.9 Å². The maximum Gasteiger partial charge on any atom is 0.355 e. The van der Waals surface area contributed by atoms with Crippen LogP contribution in [0, 0.1) is 0 Å². The molecule has 1 aromatic rings. The Labute approximate surface area is 145 Å². The summed E-state index contributed by atoms with van der Waals surface area (Å²) in [7, 11) is 5.53. The quantitative estimate of drug-likeness (QED) is 0.757. The normalized spacial score (nSPS) is 13.4. The Morgan fingerprint density at radius 1 is 0.920 bits per heavy atom. The predicted molar refractivity (Wildman–Crippen MR) is 91.4 cm³/mol. The van der Waals surface area contributed by atoms with E-state index in [4.69, 9.17) is 18.9 Å². The summed E-state index contributed by atoms with van der Waals surface area (Å²) in [6, 6.07) is 5.11. The number of methoxy groups -OCH3 is 4. The van der Waals surface area contributed by atoms with Crippen molar-refractivity contribution >= 4 is 17.6 Å². The molecule has 2 rings (SSSR count). The first kappa shape index (κ1) is 18.1. The molecule has 1 aliphatic heterocycles. The van der Waals surface area contributed by atoms with Crippen molar-refractivity contribution in [2.45, 2.75) is 0 Å². The molecule has 1 aromatic carbocycles. The molecule has 0 aliphatic carbocycles. The van der Waals surface area contributed by atoms with Crippen molar-refractivity contribution in [3.63, 3.8) is 0 Å². The largest absolute Gasteiger partial charge is 0.497 e. The molecule has 0 N–H and O–H groups in total. The van der Waals surface area contributed by atoms with E-state index in [1.807, 2.05) is 0 Å². The van der Waals surface area contributed by atoms with Crippen LogP contribution in [0.2, 0.25) is 0 Å². The number of carbonyl (C=O) groups is 2. The van der Waals surface area contributed by atoms with Gasteiger partial charge in [0.25, 0.3) is 0 Å². The van der Waals surface area contributed by atoms with Crippen molar-refractivity contribution < 1.29 is 28.5 Å². The van der Waals surface area contributed by atoms with Crippen molar-refractivity contribution in [2.75, 3.05) is 33.3 Å². The molecule has 0 spiro atoms. The Kier molecular flexibility index (Phi) is 5.84. The van der Waals surface area contributed by atoms with Crippen LogP contribution in [0.4, 0.5) is 5.69 Å². The molecule has 0 radical (unpaired) electrons. The van der Waals surface area contributed by atoms with E-state index in [2.05, 4.69) is 0 Å². The number of allylic oxidation sites excluding steroid dienone is 2. The van der Waals surface area contributed by atoms with Gasteiger partial charge in [-0.3, -0.25) is 0 Å². The number of esters is 2. The van der Waals surface area contributed by atoms with Gasteiger partial charge in [-0.25, -0.2) is 9.59 Å². The van der Waals surface area contributed by atoms with Gasteiger partial charge in [-0.15, -0.1) is 0 Å². The lowest BCUT2D eigenvalue weighted by atomic mass is 10.1. The summed E-state index contributed by atoms with van der Waals surface area (Å²) in [5, 5.41) is 0. The smallest absolute Gasteiger partial charge is 0.355 e. The molecule has 0 saturated carbocycles. The number of rotatable bonds is 5. The van der Waals surface area contributed by atoms with Crippen LogP contribution in [-0.2, 0) is 19.1 Å². The topological polar surface area (TPSA) is 74.3 Å². The molecular formula is C18H19NO6. The van der Waals surface area contributed by atoms with Gasteiger partial charge in [0, 0.05) is 12.3 Å². The second-order valence-electron chi connectivity index (χ2n) is 4.85. The molecule has 0 atom stereocenters. The Hall–Kier alpha value is -3.22. The van der Waals surface area contributed by atoms with Crippen LogP contribution in [0.1, 0.15) is 0 Å². The van der Waals surface area contributed by atoms with Crippen LogP contribution in [0.15, 0.2) is 53.9 Å². The van der Waals surface area contributed by atoms with E-state index in [1.165, 1.54) is 32.3 Å². The minimum absolute atomic E-state index is 0.0165. The third kappa shape index (κ3) is 3.65. The summed E-state index contributed by atoms with van der Waals surface area (Å²) in [4.78, 5) is 26.0. The van der Waals surface area contributed by atoms with Gasteiger partial charge in [0.1, 0.15) is 17.2 Å². The molecule has 7 heteroatoms. The monoisotopic (exact) mass is 345 g/mol. The molecule has 1 heterocycles. The summed E-state index contributed by atoms with van der Waals surface area (Å²) < 4.78 is 20.2. The van der Waals surface area contributed by atoms with Crippen LogP contribution >= 0.6 is 0 Å². The molecule has 7 nitrogen and oxygen atoms in total. The maximum atomic E-state index is 12.4. The van der Waals surface area contributed by atoms with Gasteiger partial charge in [-0.05, 0) is 24.3 Å². The van der Waals surface area contributed by atoms with Crippen LogP contribution < -0.4 is 14.4 Å². The number of benzene rings is 1. The average molecular weight is 345 g/mol. The fourth-order valence-electron chi connectivity index (χ4n) is 2.34. The Bertz CT molecular complexity index is 763. The molecule has 0 saturated heterocycles. The first-order valence-corrected chi connectivity index (χ1v) is 7.34. The first-order chi connectivity index (χ1) is 12.1. The fraction of sp³-hybridized carbons (Fsp3) is 0.222. The number of hydrogen-bond donors (Lipinski definition) is 0. The number of carbonyl (C=O) groups excluding carboxylic acids is 2. The third-order valence-electron chi connectivity index (χ3n) is 3.54. The summed E-state index contributed by atoms with van der Waals surface area (Å²) in [5.41, 5.74) is 0.616. The Morgan fingerprint density at radius 3 is 2.24 bits per heavy atom. The van der Waals surface area contributed by atoms with Gasteiger partial charge in [0.05, 0.1) is 39.7 Å². The lowest BCUT2D eigenvalue weighted by Gasteiger charge is -2.25. The summed E-state index contributed by atoms with van der Waals surface area (Å²) in [6.45, 7) is 0. The van der Waals surface area contributed by atoms with E-state index in [0.29, 0.717) is 17.2 Å². The Morgan fingerprint density at radius 2 is 1.64 bits per heavy atom. The van der Waals surface area contributed by atoms with Gasteiger partial charge in [-0.2, -0.15) is 0 Å². The van der Waals surface area contributed by atoms with E-state index in [0.717, 1.165) is 0 Å². The number of nitrogens with zero attached hydrogens (tertiary/aromatic N) is 1. The van der Waals surface area contributed by atoms with Crippen LogP contribution in [0.25, 0.3) is 0 Å². The van der Waals surface area contributed by atoms with Crippen molar-refractivity contribution in [1.82, 2.24) is 0 Å². The lowest BCUT2D eigenvalue weighted by molar-refractivity contribution is -0.139. The van der Waals surface area contributed by atoms with Crippen LogP contribution in [-0.4, -0.2) is 40.4 Å². The zero-order chi connectivity index (χ0) is 18.4. The highest BCUT2D eigenvalue weighted by Gasteiger charge is 2.28. The maximum absolute atomic E-state index is 12.4. The zero-order valence-electron chi connectivity index (χ0n) is 14.4. The third-order valence-corrected chi connectivity index (χ3v) is 3.54. The van der Waals surface area contributed by atoms with Gasteiger partial charge < -0.3 is 23.8 Å². The summed E-state index contributed by atoms with van der Waals surface area (Å²) in [5.74, 6) is -0.293. The van der Waals surface area contributed by atoms with Gasteiger partial charge in [0.2, 0.25) is 0 Å². The molecular weight excluding hydrogens is 326 g/mol. The van der Waals surface area contributed by atoms with Crippen molar-refractivity contribution in [3.05, 3.63) is 53.9 Å². The molecule has 0 amide bonds. The van der Waals surface area contributed by atoms with Crippen LogP contribution in [0.3, 0.4) is 0 Å². The number of anilines is 1. The second kappa shape index (κ2) is 8.05. The molecule has 132 valence electrons. The minimum Gasteiger partial charge on any atom is -0.497 e. The van der Waals surface area contributed by atoms with Gasteiger partial charge >= 0.3 is 11.9 Å². The van der Waals surface area contributed by atoms with Crippen LogP contribution in [0.5, 0.6) is 11.5 Å². The van der Waals surface area contributed by atoms with E-state index >= 15 is 0 Å². The molecule has 0 aromatic heterocycles. The highest BCUT2D eigenvalue weighted by Crippen LogP contribution is 2.36. The SMILES string of the molecule is COC(=O)C1=C(C(=O)OC)N(c2ccc(OC)cc2OC)C=CC=C1. The lowest BCUT2D eigenvalue weighted by Crippen LogP contribution is -2.27. The number of hydrogen-bond acceptors (Lipinski definition) is 7. The first-order valence-electron chi connectivity index (χ1n) is 7.34. The average Bonchev–Trinajstić information content (AvgIpc) is 2.88.